The lowest BCUT2D eigenvalue weighted by Crippen LogP contribution is -2.30. The molecule has 1 aromatic carbocycles. The first-order valence-electron chi connectivity index (χ1n) is 11.3. The Hall–Kier alpha value is -3.05. The molecule has 0 spiro atoms. The van der Waals surface area contributed by atoms with Crippen molar-refractivity contribution >= 4 is 27.4 Å². The molecule has 0 fully saturated rings. The number of rotatable bonds is 10. The number of nitrogens with one attached hydrogen (secondary N) is 1. The van der Waals surface area contributed by atoms with Gasteiger partial charge in [-0.25, -0.2) is 17.9 Å². The molecule has 3 rings (SSSR count). The topological polar surface area (TPSA) is 119 Å². The Labute approximate surface area is 200 Å². The van der Waals surface area contributed by atoms with Crippen molar-refractivity contribution in [2.24, 2.45) is 0 Å². The number of benzene rings is 1. The smallest absolute Gasteiger partial charge is 0.252 e. The first-order chi connectivity index (χ1) is 16.1. The molecule has 0 aliphatic carbocycles. The summed E-state index contributed by atoms with van der Waals surface area (Å²) in [4.78, 5) is 21.5. The summed E-state index contributed by atoms with van der Waals surface area (Å²) >= 11 is 0. The summed E-state index contributed by atoms with van der Waals surface area (Å²) in [5.74, 6) is 0.674. The van der Waals surface area contributed by atoms with E-state index in [2.05, 4.69) is 20.4 Å². The van der Waals surface area contributed by atoms with E-state index in [0.29, 0.717) is 36.7 Å². The fraction of sp³-hybridized carbons (Fsp3) is 0.478. The SMILES string of the molecule is CCN(CC)S(=O)(=O)c1ccc(OC(C)C)c(NC(=O)CCc2c(C)nc3ncnn3c2C)c1. The fourth-order valence-electron chi connectivity index (χ4n) is 3.80. The van der Waals surface area contributed by atoms with E-state index in [1.165, 1.54) is 22.8 Å². The molecule has 0 aliphatic rings. The standard InChI is InChI=1S/C23H32N6O4S/c1-7-28(8-2)34(31,32)18-9-11-21(33-15(3)4)20(13-18)27-22(30)12-10-19-16(5)26-23-24-14-25-29(23)17(19)6/h9,11,13-15H,7-8,10,12H2,1-6H3,(H,27,30). The van der Waals surface area contributed by atoms with Crippen LogP contribution in [0.15, 0.2) is 29.4 Å². The molecule has 0 saturated carbocycles. The van der Waals surface area contributed by atoms with Crippen LogP contribution < -0.4 is 10.1 Å². The third-order valence-electron chi connectivity index (χ3n) is 5.52. The summed E-state index contributed by atoms with van der Waals surface area (Å²) in [6.07, 6.45) is 1.93. The Morgan fingerprint density at radius 3 is 2.56 bits per heavy atom. The number of amides is 1. The number of hydrogen-bond acceptors (Lipinski definition) is 7. The van der Waals surface area contributed by atoms with Crippen LogP contribution in [0.3, 0.4) is 0 Å². The zero-order valence-corrected chi connectivity index (χ0v) is 21.3. The summed E-state index contributed by atoms with van der Waals surface area (Å²) in [5, 5.41) is 7.02. The van der Waals surface area contributed by atoms with Crippen molar-refractivity contribution in [3.05, 3.63) is 41.5 Å². The highest BCUT2D eigenvalue weighted by atomic mass is 32.2. The van der Waals surface area contributed by atoms with Crippen LogP contribution >= 0.6 is 0 Å². The third kappa shape index (κ3) is 5.36. The number of aryl methyl sites for hydroxylation is 2. The first kappa shape index (κ1) is 25.6. The van der Waals surface area contributed by atoms with Crippen LogP contribution in [0.1, 0.15) is 51.1 Å². The maximum atomic E-state index is 13.0. The second-order valence-corrected chi connectivity index (χ2v) is 10.1. The number of carbonyl (C=O) groups is 1. The molecule has 0 saturated heterocycles. The number of nitrogens with zero attached hydrogens (tertiary/aromatic N) is 5. The van der Waals surface area contributed by atoms with Crippen molar-refractivity contribution in [3.8, 4) is 5.75 Å². The molecule has 1 N–H and O–H groups in total. The fourth-order valence-corrected chi connectivity index (χ4v) is 5.29. The molecule has 0 bridgehead atoms. The molecule has 0 aliphatic heterocycles. The summed E-state index contributed by atoms with van der Waals surface area (Å²) in [6, 6.07) is 4.55. The van der Waals surface area contributed by atoms with Crippen LogP contribution in [0.4, 0.5) is 5.69 Å². The van der Waals surface area contributed by atoms with E-state index in [4.69, 9.17) is 4.74 Å². The van der Waals surface area contributed by atoms with Crippen molar-refractivity contribution in [1.82, 2.24) is 23.9 Å². The predicted molar refractivity (Wildman–Crippen MR) is 130 cm³/mol. The Morgan fingerprint density at radius 1 is 1.21 bits per heavy atom. The predicted octanol–water partition coefficient (Wildman–Crippen LogP) is 3.13. The van der Waals surface area contributed by atoms with Gasteiger partial charge in [-0.3, -0.25) is 4.79 Å². The van der Waals surface area contributed by atoms with E-state index in [0.717, 1.165) is 17.0 Å². The number of carbonyl (C=O) groups excluding carboxylic acids is 1. The first-order valence-corrected chi connectivity index (χ1v) is 12.8. The van der Waals surface area contributed by atoms with E-state index in [9.17, 15) is 13.2 Å². The average molecular weight is 489 g/mol. The van der Waals surface area contributed by atoms with Gasteiger partial charge in [-0.1, -0.05) is 13.8 Å². The van der Waals surface area contributed by atoms with Gasteiger partial charge in [0, 0.05) is 30.9 Å². The zero-order chi connectivity index (χ0) is 25.0. The van der Waals surface area contributed by atoms with Crippen LogP contribution in [0.2, 0.25) is 0 Å². The Kier molecular flexibility index (Phi) is 7.88. The second kappa shape index (κ2) is 10.5. The lowest BCUT2D eigenvalue weighted by molar-refractivity contribution is -0.116. The molecule has 2 aromatic heterocycles. The molecule has 0 radical (unpaired) electrons. The molecule has 1 amide bonds. The van der Waals surface area contributed by atoms with Gasteiger partial charge in [0.1, 0.15) is 12.1 Å². The minimum Gasteiger partial charge on any atom is -0.489 e. The molecule has 0 unspecified atom stereocenters. The summed E-state index contributed by atoms with van der Waals surface area (Å²) in [7, 11) is -3.68. The molecule has 11 heteroatoms. The Morgan fingerprint density at radius 2 is 1.91 bits per heavy atom. The van der Waals surface area contributed by atoms with Crippen molar-refractivity contribution in [2.75, 3.05) is 18.4 Å². The van der Waals surface area contributed by atoms with Crippen LogP contribution in [-0.2, 0) is 21.2 Å². The van der Waals surface area contributed by atoms with Gasteiger partial charge in [0.05, 0.1) is 16.7 Å². The van der Waals surface area contributed by atoms with Gasteiger partial charge in [-0.15, -0.1) is 0 Å². The van der Waals surface area contributed by atoms with Crippen LogP contribution in [0.25, 0.3) is 5.78 Å². The van der Waals surface area contributed by atoms with E-state index >= 15 is 0 Å². The number of ether oxygens (including phenoxy) is 1. The number of aromatic nitrogens is 4. The van der Waals surface area contributed by atoms with Crippen molar-refractivity contribution in [2.45, 2.75) is 65.4 Å². The highest BCUT2D eigenvalue weighted by Crippen LogP contribution is 2.30. The highest BCUT2D eigenvalue weighted by Gasteiger charge is 2.24. The van der Waals surface area contributed by atoms with Gasteiger partial charge in [-0.2, -0.15) is 14.4 Å². The van der Waals surface area contributed by atoms with Gasteiger partial charge in [0.25, 0.3) is 5.78 Å². The summed E-state index contributed by atoms with van der Waals surface area (Å²) < 4.78 is 34.8. The van der Waals surface area contributed by atoms with E-state index < -0.39 is 10.0 Å². The molecule has 34 heavy (non-hydrogen) atoms. The number of hydrogen-bond donors (Lipinski definition) is 1. The molecule has 10 nitrogen and oxygen atoms in total. The van der Waals surface area contributed by atoms with E-state index in [1.807, 2.05) is 27.7 Å². The van der Waals surface area contributed by atoms with Gasteiger partial charge in [-0.05, 0) is 57.9 Å². The molecular formula is C23H32N6O4S. The van der Waals surface area contributed by atoms with E-state index in [1.54, 1.807) is 24.4 Å². The lowest BCUT2D eigenvalue weighted by Gasteiger charge is -2.20. The van der Waals surface area contributed by atoms with Crippen LogP contribution in [-0.4, -0.2) is 57.4 Å². The molecule has 2 heterocycles. The number of anilines is 1. The maximum absolute atomic E-state index is 13.0. The van der Waals surface area contributed by atoms with Gasteiger partial charge in [0.15, 0.2) is 0 Å². The zero-order valence-electron chi connectivity index (χ0n) is 20.5. The third-order valence-corrected chi connectivity index (χ3v) is 7.57. The molecular weight excluding hydrogens is 456 g/mol. The Balaban J connectivity index is 1.84. The van der Waals surface area contributed by atoms with Gasteiger partial charge >= 0.3 is 0 Å². The lowest BCUT2D eigenvalue weighted by atomic mass is 10.1. The maximum Gasteiger partial charge on any atom is 0.252 e. The minimum atomic E-state index is -3.68. The number of fused-ring (bicyclic) bond motifs is 1. The highest BCUT2D eigenvalue weighted by molar-refractivity contribution is 7.89. The summed E-state index contributed by atoms with van der Waals surface area (Å²) in [6.45, 7) is 11.8. The molecule has 3 aromatic rings. The van der Waals surface area contributed by atoms with Gasteiger partial charge in [0.2, 0.25) is 15.9 Å². The van der Waals surface area contributed by atoms with Crippen LogP contribution in [0.5, 0.6) is 5.75 Å². The van der Waals surface area contributed by atoms with Crippen molar-refractivity contribution < 1.29 is 17.9 Å². The Bertz CT molecular complexity index is 1280. The normalized spacial score (nSPS) is 12.0. The monoisotopic (exact) mass is 488 g/mol. The quantitative estimate of drug-likeness (QED) is 0.466. The van der Waals surface area contributed by atoms with E-state index in [-0.39, 0.29) is 23.3 Å². The largest absolute Gasteiger partial charge is 0.489 e. The second-order valence-electron chi connectivity index (χ2n) is 8.20. The van der Waals surface area contributed by atoms with Gasteiger partial charge < -0.3 is 10.1 Å². The summed E-state index contributed by atoms with van der Waals surface area (Å²) in [5.41, 5.74) is 2.92. The van der Waals surface area contributed by atoms with Crippen molar-refractivity contribution in [3.63, 3.8) is 0 Å². The average Bonchev–Trinajstić information content (AvgIpc) is 3.23. The molecule has 184 valence electrons. The van der Waals surface area contributed by atoms with Crippen LogP contribution in [0, 0.1) is 13.8 Å². The van der Waals surface area contributed by atoms with Crippen molar-refractivity contribution in [1.29, 1.82) is 0 Å². The minimum absolute atomic E-state index is 0.107. The molecule has 0 atom stereocenters. The number of sulfonamides is 1.